The highest BCUT2D eigenvalue weighted by atomic mass is 19.1. The van der Waals surface area contributed by atoms with E-state index in [1.165, 1.54) is 0 Å². The second-order valence-electron chi connectivity index (χ2n) is 4.91. The molecule has 2 heterocycles. The van der Waals surface area contributed by atoms with Crippen molar-refractivity contribution in [1.29, 1.82) is 0 Å². The molecule has 2 aromatic rings. The number of benzene rings is 1. The summed E-state index contributed by atoms with van der Waals surface area (Å²) in [5, 5.41) is 18.7. The zero-order valence-electron chi connectivity index (χ0n) is 11.4. The third kappa shape index (κ3) is 2.04. The lowest BCUT2D eigenvalue weighted by Crippen LogP contribution is -2.30. The van der Waals surface area contributed by atoms with Gasteiger partial charge in [0.15, 0.2) is 29.8 Å². The molecule has 4 atom stereocenters. The Morgan fingerprint density at radius 1 is 1.45 bits per heavy atom. The van der Waals surface area contributed by atoms with Crippen LogP contribution in [0.2, 0.25) is 0 Å². The molecule has 120 valence electrons. The number of hydrogen-bond acceptors (Lipinski definition) is 5. The van der Waals surface area contributed by atoms with Crippen molar-refractivity contribution in [2.45, 2.75) is 24.6 Å². The van der Waals surface area contributed by atoms with Crippen LogP contribution < -0.4 is 4.74 Å². The van der Waals surface area contributed by atoms with Crippen LogP contribution in [-0.2, 0) is 4.74 Å². The van der Waals surface area contributed by atoms with Crippen molar-refractivity contribution in [1.82, 2.24) is 9.55 Å². The number of aliphatic hydroxyl groups is 2. The van der Waals surface area contributed by atoms with Crippen LogP contribution in [0.4, 0.5) is 13.2 Å². The fraction of sp³-hybridized carbons (Fsp3) is 0.462. The number of fused-ring (bicyclic) bond motifs is 1. The summed E-state index contributed by atoms with van der Waals surface area (Å²) in [4.78, 5) is 3.77. The number of alkyl halides is 1. The summed E-state index contributed by atoms with van der Waals surface area (Å²) in [6.07, 6.45) is -4.80. The maximum atomic E-state index is 14.1. The van der Waals surface area contributed by atoms with E-state index < -0.39 is 48.6 Å². The number of aliphatic hydroxyl groups excluding tert-OH is 2. The van der Waals surface area contributed by atoms with Crippen LogP contribution in [0.5, 0.6) is 5.75 Å². The average Bonchev–Trinajstić information content (AvgIpc) is 3.02. The Labute approximate surface area is 122 Å². The zero-order chi connectivity index (χ0) is 16.0. The van der Waals surface area contributed by atoms with Gasteiger partial charge in [-0.15, -0.1) is 0 Å². The number of aromatic nitrogens is 2. The Balaban J connectivity index is 2.10. The minimum Gasteiger partial charge on any atom is -0.491 e. The second-order valence-corrected chi connectivity index (χ2v) is 4.91. The lowest BCUT2D eigenvalue weighted by Gasteiger charge is -2.16. The molecule has 22 heavy (non-hydrogen) atoms. The summed E-state index contributed by atoms with van der Waals surface area (Å²) in [6, 6.07) is 0.943. The first-order chi connectivity index (χ1) is 10.5. The molecule has 0 spiro atoms. The Kier molecular flexibility index (Phi) is 3.71. The first-order valence-electron chi connectivity index (χ1n) is 6.46. The number of nitrogens with zero attached hydrogens (tertiary/aromatic N) is 2. The van der Waals surface area contributed by atoms with Crippen molar-refractivity contribution in [2.75, 3.05) is 13.7 Å². The first kappa shape index (κ1) is 15.1. The van der Waals surface area contributed by atoms with E-state index in [9.17, 15) is 18.3 Å². The Morgan fingerprint density at radius 3 is 2.77 bits per heavy atom. The maximum absolute atomic E-state index is 14.1. The van der Waals surface area contributed by atoms with Gasteiger partial charge in [-0.05, 0) is 0 Å². The van der Waals surface area contributed by atoms with Crippen molar-refractivity contribution in [3.63, 3.8) is 0 Å². The van der Waals surface area contributed by atoms with Gasteiger partial charge in [-0.25, -0.2) is 18.2 Å². The molecule has 1 aromatic heterocycles. The van der Waals surface area contributed by atoms with Gasteiger partial charge >= 0.3 is 0 Å². The molecule has 0 aliphatic carbocycles. The second kappa shape index (κ2) is 5.41. The van der Waals surface area contributed by atoms with Crippen molar-refractivity contribution < 1.29 is 32.9 Å². The van der Waals surface area contributed by atoms with Gasteiger partial charge < -0.3 is 24.3 Å². The number of methoxy groups -OCH3 is 1. The van der Waals surface area contributed by atoms with E-state index in [1.54, 1.807) is 0 Å². The van der Waals surface area contributed by atoms with E-state index in [2.05, 4.69) is 9.72 Å². The number of rotatable bonds is 3. The largest absolute Gasteiger partial charge is 0.491 e. The molecule has 0 unspecified atom stereocenters. The molecule has 0 amide bonds. The van der Waals surface area contributed by atoms with Crippen LogP contribution in [0.1, 0.15) is 6.23 Å². The molecule has 6 nitrogen and oxygen atoms in total. The minimum absolute atomic E-state index is 0.0470. The van der Waals surface area contributed by atoms with E-state index >= 15 is 0 Å². The summed E-state index contributed by atoms with van der Waals surface area (Å²) >= 11 is 0. The van der Waals surface area contributed by atoms with E-state index in [0.29, 0.717) is 0 Å². The number of hydrogen-bond donors (Lipinski definition) is 2. The standard InChI is InChI=1S/C13H13F3N2O4/c1-21-12-5(14)2-6-10(8(12)15)17-4-18(6)13-9(16)11(20)7(3-19)22-13/h2,4,7,9,11,13,19-20H,3H2,1H3/t7-,9+,11-,13-/m1/s1. The molecule has 0 radical (unpaired) electrons. The molecular weight excluding hydrogens is 305 g/mol. The zero-order valence-corrected chi connectivity index (χ0v) is 11.4. The van der Waals surface area contributed by atoms with Crippen molar-refractivity contribution in [3.05, 3.63) is 24.0 Å². The van der Waals surface area contributed by atoms with Crippen LogP contribution in [0.3, 0.4) is 0 Å². The Hall–Kier alpha value is -1.84. The minimum atomic E-state index is -1.87. The number of imidazole rings is 1. The Morgan fingerprint density at radius 2 is 2.18 bits per heavy atom. The average molecular weight is 318 g/mol. The molecule has 2 N–H and O–H groups in total. The summed E-state index contributed by atoms with van der Waals surface area (Å²) in [6.45, 7) is -0.582. The third-order valence-electron chi connectivity index (χ3n) is 3.67. The highest BCUT2D eigenvalue weighted by molar-refractivity contribution is 5.78. The molecule has 1 aliphatic heterocycles. The summed E-state index contributed by atoms with van der Waals surface area (Å²) < 4.78 is 52.9. The molecule has 0 saturated carbocycles. The molecule has 1 fully saturated rings. The van der Waals surface area contributed by atoms with Crippen molar-refractivity contribution in [3.8, 4) is 5.75 Å². The van der Waals surface area contributed by atoms with Gasteiger partial charge in [0.1, 0.15) is 17.7 Å². The van der Waals surface area contributed by atoms with Crippen molar-refractivity contribution >= 4 is 11.0 Å². The van der Waals surface area contributed by atoms with Gasteiger partial charge in [-0.1, -0.05) is 0 Å². The van der Waals surface area contributed by atoms with Gasteiger partial charge in [0.2, 0.25) is 0 Å². The van der Waals surface area contributed by atoms with Crippen LogP contribution >= 0.6 is 0 Å². The quantitative estimate of drug-likeness (QED) is 0.880. The fourth-order valence-corrected chi connectivity index (χ4v) is 2.55. The summed E-state index contributed by atoms with van der Waals surface area (Å²) in [5.41, 5.74) is -0.259. The molecule has 0 bridgehead atoms. The van der Waals surface area contributed by atoms with E-state index in [4.69, 9.17) is 9.84 Å². The molecule has 3 rings (SSSR count). The predicted octanol–water partition coefficient (Wildman–Crippen LogP) is 0.912. The van der Waals surface area contributed by atoms with Gasteiger partial charge in [-0.2, -0.15) is 0 Å². The molecule has 1 saturated heterocycles. The van der Waals surface area contributed by atoms with Crippen LogP contribution in [0.15, 0.2) is 12.4 Å². The Bertz CT molecular complexity index is 708. The van der Waals surface area contributed by atoms with Crippen molar-refractivity contribution in [2.24, 2.45) is 0 Å². The van der Waals surface area contributed by atoms with Gasteiger partial charge in [-0.3, -0.25) is 0 Å². The van der Waals surface area contributed by atoms with Crippen LogP contribution in [0.25, 0.3) is 11.0 Å². The lowest BCUT2D eigenvalue weighted by molar-refractivity contribution is -0.0457. The van der Waals surface area contributed by atoms with E-state index in [-0.39, 0.29) is 11.0 Å². The van der Waals surface area contributed by atoms with E-state index in [1.807, 2.05) is 0 Å². The maximum Gasteiger partial charge on any atom is 0.195 e. The monoisotopic (exact) mass is 318 g/mol. The molecule has 1 aliphatic rings. The van der Waals surface area contributed by atoms with Gasteiger partial charge in [0, 0.05) is 6.07 Å². The van der Waals surface area contributed by atoms with E-state index in [0.717, 1.165) is 24.1 Å². The number of ether oxygens (including phenoxy) is 2. The predicted molar refractivity (Wildman–Crippen MR) is 68.1 cm³/mol. The summed E-state index contributed by atoms with van der Waals surface area (Å²) in [5.74, 6) is -2.57. The molecule has 1 aromatic carbocycles. The summed E-state index contributed by atoms with van der Waals surface area (Å²) in [7, 11) is 1.12. The lowest BCUT2D eigenvalue weighted by atomic mass is 10.1. The molecule has 9 heteroatoms. The fourth-order valence-electron chi connectivity index (χ4n) is 2.55. The SMILES string of the molecule is COc1c(F)cc2c(ncn2[C@@H]2O[C@H](CO)[C@@H](O)[C@@H]2F)c1F. The highest BCUT2D eigenvalue weighted by Crippen LogP contribution is 2.36. The first-order valence-corrected chi connectivity index (χ1v) is 6.46. The number of halogens is 3. The third-order valence-corrected chi connectivity index (χ3v) is 3.67. The van der Waals surface area contributed by atoms with Gasteiger partial charge in [0.25, 0.3) is 0 Å². The topological polar surface area (TPSA) is 76.7 Å². The normalized spacial score (nSPS) is 28.5. The molecular formula is C13H13F3N2O4. The van der Waals surface area contributed by atoms with Gasteiger partial charge in [0.05, 0.1) is 25.6 Å². The van der Waals surface area contributed by atoms with Crippen LogP contribution in [-0.4, -0.2) is 51.9 Å². The highest BCUT2D eigenvalue weighted by Gasteiger charge is 2.45. The smallest absolute Gasteiger partial charge is 0.195 e. The van der Waals surface area contributed by atoms with Crippen LogP contribution in [0, 0.1) is 11.6 Å².